The molecule has 8 heteroatoms. The van der Waals surface area contributed by atoms with E-state index in [-0.39, 0.29) is 4.59 Å². The number of nitriles is 1. The number of hydrogen-bond acceptors (Lipinski definition) is 6. The van der Waals surface area contributed by atoms with Crippen LogP contribution in [0.2, 0.25) is 0 Å². The van der Waals surface area contributed by atoms with Crippen LogP contribution in [0.4, 0.5) is 11.4 Å². The second-order valence-corrected chi connectivity index (χ2v) is 8.54. The van der Waals surface area contributed by atoms with Crippen molar-refractivity contribution in [3.63, 3.8) is 0 Å². The second-order valence-electron chi connectivity index (χ2n) is 7.29. The number of benzene rings is 2. The number of hydrogen-bond donors (Lipinski definition) is 1. The number of rotatable bonds is 5. The summed E-state index contributed by atoms with van der Waals surface area (Å²) in [5.74, 6) is 1.77. The average Bonchev–Trinajstić information content (AvgIpc) is 3.23. The number of nitrogens with zero attached hydrogens (tertiary/aromatic N) is 5. The Labute approximate surface area is 199 Å². The zero-order valence-electron chi connectivity index (χ0n) is 17.2. The Hall–Kier alpha value is -3.55. The highest BCUT2D eigenvalue weighted by Crippen LogP contribution is 2.43. The molecule has 156 valence electrons. The van der Waals surface area contributed by atoms with E-state index in [1.54, 1.807) is 19.5 Å². The molecule has 3 aromatic rings. The fourth-order valence-electron chi connectivity index (χ4n) is 3.82. The van der Waals surface area contributed by atoms with Gasteiger partial charge in [0.1, 0.15) is 11.4 Å². The van der Waals surface area contributed by atoms with Crippen molar-refractivity contribution in [3.05, 3.63) is 87.3 Å². The molecule has 2 aliphatic rings. The monoisotopic (exact) mass is 533 g/mol. The molecular formula is C24H18IN6O+. The molecular weight excluding hydrogens is 515 g/mol. The van der Waals surface area contributed by atoms with Gasteiger partial charge in [0, 0.05) is 39.7 Å². The van der Waals surface area contributed by atoms with Gasteiger partial charge in [-0.15, -0.1) is 5.26 Å². The van der Waals surface area contributed by atoms with Crippen molar-refractivity contribution in [1.82, 2.24) is 9.58 Å². The molecule has 0 saturated heterocycles. The average molecular weight is 533 g/mol. The van der Waals surface area contributed by atoms with E-state index in [4.69, 9.17) is 14.8 Å². The van der Waals surface area contributed by atoms with Gasteiger partial charge in [0.05, 0.1) is 7.11 Å². The van der Waals surface area contributed by atoms with Crippen molar-refractivity contribution in [3.8, 4) is 11.9 Å². The number of aromatic nitrogens is 1. The van der Waals surface area contributed by atoms with Crippen LogP contribution in [0.5, 0.6) is 5.75 Å². The summed E-state index contributed by atoms with van der Waals surface area (Å²) < 4.78 is 6.06. The molecule has 0 radical (unpaired) electrons. The Morgan fingerprint density at radius 1 is 1.12 bits per heavy atom. The third-order valence-electron chi connectivity index (χ3n) is 5.34. The lowest BCUT2D eigenvalue weighted by Gasteiger charge is -2.25. The Morgan fingerprint density at radius 2 is 1.97 bits per heavy atom. The van der Waals surface area contributed by atoms with Crippen LogP contribution in [-0.4, -0.2) is 23.8 Å². The van der Waals surface area contributed by atoms with E-state index in [0.29, 0.717) is 24.0 Å². The molecule has 1 N–H and O–H groups in total. The summed E-state index contributed by atoms with van der Waals surface area (Å²) in [4.78, 5) is 8.79. The van der Waals surface area contributed by atoms with Crippen LogP contribution in [0.25, 0.3) is 6.08 Å². The first-order valence-corrected chi connectivity index (χ1v) is 11.0. The van der Waals surface area contributed by atoms with E-state index < -0.39 is 0 Å². The summed E-state index contributed by atoms with van der Waals surface area (Å²) in [6.45, 7) is 0.600. The van der Waals surface area contributed by atoms with Gasteiger partial charge in [0.2, 0.25) is 11.5 Å². The van der Waals surface area contributed by atoms with Crippen molar-refractivity contribution < 1.29 is 4.74 Å². The standard InChI is InChI=1S/C24H18IN6O/c1-32-20-4-2-3-18(12-20)24-29-22-6-5-17-11-19(25)13-21(23(17)31(22,15-26)30-24)28-14-16-7-9-27-10-8-16/h2-13,28H,14H2,1H3/q+1. The van der Waals surface area contributed by atoms with Gasteiger partial charge in [-0.1, -0.05) is 12.1 Å². The van der Waals surface area contributed by atoms with Gasteiger partial charge in [-0.25, -0.2) is 0 Å². The largest absolute Gasteiger partial charge is 0.497 e. The van der Waals surface area contributed by atoms with E-state index in [2.05, 4.69) is 45.2 Å². The Kier molecular flexibility index (Phi) is 5.20. The highest BCUT2D eigenvalue weighted by Gasteiger charge is 2.49. The number of nitrogens with one attached hydrogen (secondary N) is 1. The van der Waals surface area contributed by atoms with Crippen LogP contribution in [0, 0.1) is 15.0 Å². The number of methoxy groups -OCH3 is 1. The summed E-state index contributed by atoms with van der Waals surface area (Å²) in [5, 5.41) is 18.7. The predicted molar refractivity (Wildman–Crippen MR) is 134 cm³/mol. The molecule has 5 rings (SSSR count). The molecule has 1 unspecified atom stereocenters. The summed E-state index contributed by atoms with van der Waals surface area (Å²) in [7, 11) is 1.62. The molecule has 0 amide bonds. The SMILES string of the molecule is COc1cccc(C2=N[N+]3(C#N)C(=N2)C=Cc2cc(I)cc(NCc4ccncc4)c23)c1. The van der Waals surface area contributed by atoms with Crippen LogP contribution >= 0.6 is 22.6 Å². The maximum atomic E-state index is 10.4. The fraction of sp³-hybridized carbons (Fsp3) is 0.0833. The van der Waals surface area contributed by atoms with Gasteiger partial charge in [-0.05, 0) is 80.3 Å². The van der Waals surface area contributed by atoms with Crippen molar-refractivity contribution in [2.75, 3.05) is 12.4 Å². The number of anilines is 1. The van der Waals surface area contributed by atoms with E-state index in [1.165, 1.54) is 0 Å². The Bertz CT molecular complexity index is 1340. The van der Waals surface area contributed by atoms with E-state index in [0.717, 1.165) is 31.6 Å². The van der Waals surface area contributed by atoms with E-state index in [9.17, 15) is 5.26 Å². The van der Waals surface area contributed by atoms with Gasteiger partial charge < -0.3 is 10.1 Å². The number of aliphatic imine (C=N–C) groups is 1. The zero-order chi connectivity index (χ0) is 22.1. The predicted octanol–water partition coefficient (Wildman–Crippen LogP) is 4.90. The summed E-state index contributed by atoms with van der Waals surface area (Å²) in [5.41, 5.74) is 4.44. The maximum Gasteiger partial charge on any atom is 0.351 e. The zero-order valence-corrected chi connectivity index (χ0v) is 19.3. The van der Waals surface area contributed by atoms with Crippen LogP contribution in [0.1, 0.15) is 16.7 Å². The highest BCUT2D eigenvalue weighted by molar-refractivity contribution is 14.1. The van der Waals surface area contributed by atoms with E-state index >= 15 is 0 Å². The molecule has 0 spiro atoms. The Balaban J connectivity index is 1.62. The molecule has 1 aromatic heterocycles. The van der Waals surface area contributed by atoms with Crippen LogP contribution in [0.15, 0.2) is 77.1 Å². The highest BCUT2D eigenvalue weighted by atomic mass is 127. The first-order valence-electron chi connectivity index (χ1n) is 9.92. The summed E-state index contributed by atoms with van der Waals surface area (Å²) >= 11 is 2.29. The van der Waals surface area contributed by atoms with Crippen LogP contribution in [-0.2, 0) is 6.54 Å². The van der Waals surface area contributed by atoms with Gasteiger partial charge in [0.25, 0.3) is 5.84 Å². The summed E-state index contributed by atoms with van der Waals surface area (Å²) in [6, 6.07) is 15.6. The number of halogens is 1. The van der Waals surface area contributed by atoms with E-state index in [1.807, 2.05) is 54.6 Å². The molecule has 7 nitrogen and oxygen atoms in total. The lowest BCUT2D eigenvalue weighted by molar-refractivity contribution is 0.414. The third kappa shape index (κ3) is 3.45. The van der Waals surface area contributed by atoms with Gasteiger partial charge in [-0.2, -0.15) is 4.99 Å². The molecule has 3 heterocycles. The lowest BCUT2D eigenvalue weighted by atomic mass is 10.0. The van der Waals surface area contributed by atoms with Crippen molar-refractivity contribution in [2.45, 2.75) is 6.54 Å². The molecule has 2 aromatic carbocycles. The number of fused-ring (bicyclic) bond motifs is 3. The number of ether oxygens (including phenoxy) is 1. The number of amidine groups is 2. The molecule has 0 fully saturated rings. The molecule has 0 saturated carbocycles. The van der Waals surface area contributed by atoms with Gasteiger partial charge in [-0.3, -0.25) is 4.98 Å². The van der Waals surface area contributed by atoms with Gasteiger partial charge >= 0.3 is 6.19 Å². The molecule has 0 bridgehead atoms. The minimum Gasteiger partial charge on any atom is -0.497 e. The normalized spacial score (nSPS) is 18.2. The Morgan fingerprint density at radius 3 is 2.75 bits per heavy atom. The number of quaternary nitrogens is 1. The first kappa shape index (κ1) is 20.4. The smallest absolute Gasteiger partial charge is 0.351 e. The fourth-order valence-corrected chi connectivity index (χ4v) is 4.47. The lowest BCUT2D eigenvalue weighted by Crippen LogP contribution is -2.44. The quantitative estimate of drug-likeness (QED) is 0.288. The molecule has 32 heavy (non-hydrogen) atoms. The number of pyridine rings is 1. The van der Waals surface area contributed by atoms with Gasteiger partial charge in [0.15, 0.2) is 0 Å². The maximum absolute atomic E-state index is 10.4. The first-order chi connectivity index (χ1) is 15.6. The van der Waals surface area contributed by atoms with Crippen molar-refractivity contribution in [2.24, 2.45) is 10.1 Å². The second kappa shape index (κ2) is 8.18. The minimum atomic E-state index is -0.353. The van der Waals surface area contributed by atoms with Crippen LogP contribution < -0.4 is 14.6 Å². The van der Waals surface area contributed by atoms with Crippen molar-refractivity contribution in [1.29, 1.82) is 5.26 Å². The van der Waals surface area contributed by atoms with Crippen LogP contribution in [0.3, 0.4) is 0 Å². The summed E-state index contributed by atoms with van der Waals surface area (Å²) in [6.07, 6.45) is 9.80. The molecule has 2 aliphatic heterocycles. The van der Waals surface area contributed by atoms with Crippen molar-refractivity contribution >= 4 is 51.7 Å². The third-order valence-corrected chi connectivity index (χ3v) is 5.96. The minimum absolute atomic E-state index is 0.353. The molecule has 0 aliphatic carbocycles. The molecule has 1 atom stereocenters. The topological polar surface area (TPSA) is 82.7 Å².